The Morgan fingerprint density at radius 2 is 2.19 bits per heavy atom. The van der Waals surface area contributed by atoms with E-state index >= 15 is 0 Å². The minimum atomic E-state index is -0.940. The molecule has 2 fully saturated rings. The topological polar surface area (TPSA) is 84.7 Å². The van der Waals surface area contributed by atoms with Crippen LogP contribution in [0.2, 0.25) is 0 Å². The number of benzene rings is 1. The molecule has 1 N–H and O–H groups in total. The molecule has 2 atom stereocenters. The Morgan fingerprint density at radius 1 is 1.37 bits per heavy atom. The Bertz CT molecular complexity index is 912. The van der Waals surface area contributed by atoms with E-state index in [1.807, 2.05) is 0 Å². The Hall–Kier alpha value is -2.74. The van der Waals surface area contributed by atoms with Gasteiger partial charge in [0, 0.05) is 31.8 Å². The first-order valence-electron chi connectivity index (χ1n) is 8.83. The van der Waals surface area contributed by atoms with Crippen LogP contribution in [-0.2, 0) is 9.53 Å². The average Bonchev–Trinajstić information content (AvgIpc) is 3.26. The van der Waals surface area contributed by atoms with E-state index in [0.717, 1.165) is 0 Å². The van der Waals surface area contributed by atoms with Gasteiger partial charge in [-0.2, -0.15) is 5.10 Å². The summed E-state index contributed by atoms with van der Waals surface area (Å²) in [4.78, 5) is 26.3. The summed E-state index contributed by atoms with van der Waals surface area (Å²) in [5, 5.41) is 14.1. The highest BCUT2D eigenvalue weighted by atomic mass is 19.1. The maximum absolute atomic E-state index is 13.3. The molecule has 1 aromatic heterocycles. The molecule has 0 radical (unpaired) electrons. The van der Waals surface area contributed by atoms with Crippen molar-refractivity contribution in [1.29, 1.82) is 0 Å². The molecule has 142 valence electrons. The van der Waals surface area contributed by atoms with Crippen LogP contribution >= 0.6 is 0 Å². The predicted molar refractivity (Wildman–Crippen MR) is 93.2 cm³/mol. The van der Waals surface area contributed by atoms with Crippen molar-refractivity contribution in [3.63, 3.8) is 0 Å². The molecule has 2 saturated heterocycles. The lowest BCUT2D eigenvalue weighted by molar-refractivity contribution is -0.157. The lowest BCUT2D eigenvalue weighted by Crippen LogP contribution is -2.45. The fourth-order valence-electron chi connectivity index (χ4n) is 4.06. The van der Waals surface area contributed by atoms with E-state index in [2.05, 4.69) is 5.10 Å². The number of ether oxygens (including phenoxy) is 1. The van der Waals surface area contributed by atoms with Crippen LogP contribution in [0.4, 0.5) is 4.39 Å². The van der Waals surface area contributed by atoms with Crippen molar-refractivity contribution in [3.8, 4) is 5.69 Å². The minimum Gasteiger partial charge on any atom is -0.481 e. The Labute approximate surface area is 155 Å². The van der Waals surface area contributed by atoms with Crippen LogP contribution in [0.5, 0.6) is 0 Å². The summed E-state index contributed by atoms with van der Waals surface area (Å²) in [7, 11) is 0. The lowest BCUT2D eigenvalue weighted by Gasteiger charge is -2.33. The molecule has 2 aliphatic heterocycles. The molecule has 1 amide bonds. The molecule has 0 aliphatic carbocycles. The van der Waals surface area contributed by atoms with E-state index in [1.54, 1.807) is 30.2 Å². The van der Waals surface area contributed by atoms with Gasteiger partial charge in [0.15, 0.2) is 5.69 Å². The van der Waals surface area contributed by atoms with Gasteiger partial charge in [0.05, 0.1) is 17.7 Å². The fraction of sp³-hybridized carbons (Fsp3) is 0.421. The summed E-state index contributed by atoms with van der Waals surface area (Å²) in [6.45, 7) is 3.01. The second-order valence-corrected chi connectivity index (χ2v) is 7.25. The molecule has 27 heavy (non-hydrogen) atoms. The molecule has 8 heteroatoms. The van der Waals surface area contributed by atoms with Crippen molar-refractivity contribution < 1.29 is 23.8 Å². The van der Waals surface area contributed by atoms with E-state index in [1.165, 1.54) is 16.8 Å². The maximum Gasteiger partial charge on any atom is 0.311 e. The first-order chi connectivity index (χ1) is 12.9. The van der Waals surface area contributed by atoms with Gasteiger partial charge < -0.3 is 14.7 Å². The Kier molecular flexibility index (Phi) is 4.22. The first-order valence-corrected chi connectivity index (χ1v) is 8.83. The molecule has 0 bridgehead atoms. The molecule has 2 aliphatic rings. The third-order valence-corrected chi connectivity index (χ3v) is 5.63. The molecule has 1 aromatic carbocycles. The summed E-state index contributed by atoms with van der Waals surface area (Å²) in [6, 6.07) is 5.94. The van der Waals surface area contributed by atoms with Gasteiger partial charge in [-0.15, -0.1) is 0 Å². The number of carboxylic acids is 1. The third-order valence-electron chi connectivity index (χ3n) is 5.63. The molecular formula is C19H20FN3O4. The highest BCUT2D eigenvalue weighted by Crippen LogP contribution is 2.42. The minimum absolute atomic E-state index is 0.164. The van der Waals surface area contributed by atoms with Gasteiger partial charge in [-0.05, 0) is 43.2 Å². The zero-order valence-corrected chi connectivity index (χ0v) is 14.9. The van der Waals surface area contributed by atoms with Crippen molar-refractivity contribution >= 4 is 11.9 Å². The summed E-state index contributed by atoms with van der Waals surface area (Å²) in [6.07, 6.45) is 2.05. The number of halogens is 1. The number of aromatic nitrogens is 2. The molecule has 3 heterocycles. The maximum atomic E-state index is 13.3. The van der Waals surface area contributed by atoms with Crippen molar-refractivity contribution in [3.05, 3.63) is 47.5 Å². The van der Waals surface area contributed by atoms with Gasteiger partial charge >= 0.3 is 5.97 Å². The van der Waals surface area contributed by atoms with Crippen molar-refractivity contribution in [2.75, 3.05) is 26.3 Å². The van der Waals surface area contributed by atoms with Crippen LogP contribution in [0.3, 0.4) is 0 Å². The number of hydrogen-bond acceptors (Lipinski definition) is 4. The molecule has 4 rings (SSSR count). The van der Waals surface area contributed by atoms with Gasteiger partial charge in [0.2, 0.25) is 0 Å². The van der Waals surface area contributed by atoms with E-state index in [-0.39, 0.29) is 29.9 Å². The fourth-order valence-corrected chi connectivity index (χ4v) is 4.06. The zero-order valence-electron chi connectivity index (χ0n) is 14.9. The van der Waals surface area contributed by atoms with Gasteiger partial charge in [-0.25, -0.2) is 9.07 Å². The van der Waals surface area contributed by atoms with Gasteiger partial charge in [-0.3, -0.25) is 9.59 Å². The quantitative estimate of drug-likeness (QED) is 0.888. The second-order valence-electron chi connectivity index (χ2n) is 7.25. The number of aryl methyl sites for hydroxylation is 1. The monoisotopic (exact) mass is 373 g/mol. The molecule has 0 spiro atoms. The number of likely N-dealkylation sites (tertiary alicyclic amines) is 1. The van der Waals surface area contributed by atoms with Crippen LogP contribution in [0.1, 0.15) is 22.5 Å². The number of hydrogen-bond donors (Lipinski definition) is 1. The summed E-state index contributed by atoms with van der Waals surface area (Å²) in [5.74, 6) is -1.73. The lowest BCUT2D eigenvalue weighted by atomic mass is 9.74. The standard InChI is InChI=1S/C19H20FN3O4/c1-12-8-14(20)2-3-16(12)23-6-4-15(21-23)17(24)22-9-13-10-27-7-5-19(13,11-22)18(25)26/h2-4,6,8,13H,5,7,9-11H2,1H3,(H,25,26)/t13-,19+/m0/s1. The SMILES string of the molecule is Cc1cc(F)ccc1-n1ccc(C(=O)N2C[C@H]3COCC[C@@]3(C(=O)O)C2)n1. The van der Waals surface area contributed by atoms with E-state index < -0.39 is 11.4 Å². The zero-order chi connectivity index (χ0) is 19.2. The average molecular weight is 373 g/mol. The predicted octanol–water partition coefficient (Wildman–Crippen LogP) is 1.88. The van der Waals surface area contributed by atoms with E-state index in [9.17, 15) is 19.1 Å². The van der Waals surface area contributed by atoms with Crippen LogP contribution < -0.4 is 0 Å². The first kappa shape index (κ1) is 17.7. The highest BCUT2D eigenvalue weighted by Gasteiger charge is 2.55. The number of rotatable bonds is 3. The molecule has 0 saturated carbocycles. The smallest absolute Gasteiger partial charge is 0.311 e. The molecule has 7 nitrogen and oxygen atoms in total. The van der Waals surface area contributed by atoms with Crippen molar-refractivity contribution in [2.24, 2.45) is 11.3 Å². The van der Waals surface area contributed by atoms with Gasteiger partial charge in [-0.1, -0.05) is 0 Å². The van der Waals surface area contributed by atoms with Crippen molar-refractivity contribution in [2.45, 2.75) is 13.3 Å². The van der Waals surface area contributed by atoms with Gasteiger partial charge in [0.1, 0.15) is 5.82 Å². The van der Waals surface area contributed by atoms with Gasteiger partial charge in [0.25, 0.3) is 5.91 Å². The Morgan fingerprint density at radius 3 is 2.89 bits per heavy atom. The number of nitrogens with zero attached hydrogens (tertiary/aromatic N) is 3. The second kappa shape index (κ2) is 6.45. The third kappa shape index (κ3) is 2.90. The number of aliphatic carboxylic acids is 1. The van der Waals surface area contributed by atoms with Crippen LogP contribution in [-0.4, -0.2) is 58.0 Å². The molecule has 2 aromatic rings. The summed E-state index contributed by atoms with van der Waals surface area (Å²) < 4.78 is 20.3. The number of carbonyl (C=O) groups excluding carboxylic acids is 1. The van der Waals surface area contributed by atoms with Crippen molar-refractivity contribution in [1.82, 2.24) is 14.7 Å². The number of carbonyl (C=O) groups is 2. The number of amides is 1. The highest BCUT2D eigenvalue weighted by molar-refractivity contribution is 5.93. The Balaban J connectivity index is 1.57. The summed E-state index contributed by atoms with van der Waals surface area (Å²) >= 11 is 0. The van der Waals surface area contributed by atoms with Crippen LogP contribution in [0.15, 0.2) is 30.5 Å². The van der Waals surface area contributed by atoms with Crippen LogP contribution in [0, 0.1) is 24.1 Å². The summed E-state index contributed by atoms with van der Waals surface area (Å²) in [5.41, 5.74) is 0.676. The largest absolute Gasteiger partial charge is 0.481 e. The van der Waals surface area contributed by atoms with E-state index in [0.29, 0.717) is 37.4 Å². The molecular weight excluding hydrogens is 353 g/mol. The van der Waals surface area contributed by atoms with E-state index in [4.69, 9.17) is 4.74 Å². The molecule has 0 unspecified atom stereocenters. The number of fused-ring (bicyclic) bond motifs is 1. The normalized spacial score (nSPS) is 24.7. The number of carboxylic acid groups (broad SMARTS) is 1. The van der Waals surface area contributed by atoms with Crippen LogP contribution in [0.25, 0.3) is 5.69 Å².